The Balaban J connectivity index is 1.76. The predicted molar refractivity (Wildman–Crippen MR) is 124 cm³/mol. The van der Waals surface area contributed by atoms with Gasteiger partial charge in [0.25, 0.3) is 5.56 Å². The molecule has 0 radical (unpaired) electrons. The van der Waals surface area contributed by atoms with Crippen molar-refractivity contribution in [3.63, 3.8) is 0 Å². The van der Waals surface area contributed by atoms with Crippen LogP contribution in [-0.4, -0.2) is 14.7 Å². The highest BCUT2D eigenvalue weighted by atomic mass is 35.5. The number of hydrogen-bond acceptors (Lipinski definition) is 2. The van der Waals surface area contributed by atoms with Crippen LogP contribution in [0.15, 0.2) is 71.7 Å². The maximum atomic E-state index is 12.7. The quantitative estimate of drug-likeness (QED) is 0.339. The molecule has 0 fully saturated rings. The summed E-state index contributed by atoms with van der Waals surface area (Å²) in [5.74, 6) is -0.102. The number of hydrogen-bond donors (Lipinski definition) is 2. The minimum Gasteiger partial charge on any atom is -0.506 e. The van der Waals surface area contributed by atoms with Gasteiger partial charge in [-0.15, -0.1) is 0 Å². The predicted octanol–water partition coefficient (Wildman–Crippen LogP) is 6.37. The van der Waals surface area contributed by atoms with E-state index in [1.54, 1.807) is 36.4 Å². The second-order valence-corrected chi connectivity index (χ2v) is 8.11. The van der Waals surface area contributed by atoms with E-state index in [1.165, 1.54) is 0 Å². The van der Waals surface area contributed by atoms with E-state index in [0.717, 1.165) is 22.0 Å². The summed E-state index contributed by atoms with van der Waals surface area (Å²) < 4.78 is 2.05. The highest BCUT2D eigenvalue weighted by molar-refractivity contribution is 6.34. The van der Waals surface area contributed by atoms with Crippen molar-refractivity contribution >= 4 is 45.0 Å². The van der Waals surface area contributed by atoms with Crippen LogP contribution in [0, 0.1) is 0 Å². The Morgan fingerprint density at radius 2 is 1.80 bits per heavy atom. The zero-order valence-electron chi connectivity index (χ0n) is 15.9. The second-order valence-electron chi connectivity index (χ2n) is 7.27. The lowest BCUT2D eigenvalue weighted by Crippen LogP contribution is -2.09. The van der Waals surface area contributed by atoms with E-state index in [1.807, 2.05) is 31.4 Å². The van der Waals surface area contributed by atoms with Gasteiger partial charge in [0, 0.05) is 40.1 Å². The Morgan fingerprint density at radius 3 is 2.60 bits per heavy atom. The molecular formula is C24H16Cl2N2O2. The topological polar surface area (TPSA) is 58.0 Å². The van der Waals surface area contributed by atoms with Crippen LogP contribution < -0.4 is 5.56 Å². The fourth-order valence-electron chi connectivity index (χ4n) is 3.88. The lowest BCUT2D eigenvalue weighted by atomic mass is 9.99. The third-order valence-electron chi connectivity index (χ3n) is 5.38. The second kappa shape index (κ2) is 6.94. The van der Waals surface area contributed by atoms with Gasteiger partial charge in [-0.1, -0.05) is 41.4 Å². The highest BCUT2D eigenvalue weighted by Gasteiger charge is 2.17. The van der Waals surface area contributed by atoms with Crippen LogP contribution in [0.5, 0.6) is 5.75 Å². The molecule has 0 saturated heterocycles. The number of pyridine rings is 1. The molecule has 6 heteroatoms. The molecule has 0 aliphatic heterocycles. The number of benzene rings is 3. The summed E-state index contributed by atoms with van der Waals surface area (Å²) in [6.45, 7) is 0. The van der Waals surface area contributed by atoms with E-state index in [2.05, 4.69) is 15.6 Å². The minimum absolute atomic E-state index is 0.102. The lowest BCUT2D eigenvalue weighted by Gasteiger charge is -2.12. The summed E-state index contributed by atoms with van der Waals surface area (Å²) in [7, 11) is 2.00. The third kappa shape index (κ3) is 2.96. The van der Waals surface area contributed by atoms with Gasteiger partial charge in [0.2, 0.25) is 0 Å². The number of aryl methyl sites for hydroxylation is 1. The monoisotopic (exact) mass is 434 g/mol. The molecule has 0 aliphatic rings. The molecule has 0 saturated carbocycles. The zero-order chi connectivity index (χ0) is 21.0. The SMILES string of the molecule is Cn1ccc2cc(-c3cc4c(O)c(-c5cccc(Cl)c5)c(=O)[nH]c4cc3Cl)ccc21. The van der Waals surface area contributed by atoms with Crippen LogP contribution >= 0.6 is 23.2 Å². The fourth-order valence-corrected chi connectivity index (χ4v) is 4.34. The fraction of sp³-hybridized carbons (Fsp3) is 0.0417. The van der Waals surface area contributed by atoms with Gasteiger partial charge in [-0.05, 0) is 53.6 Å². The van der Waals surface area contributed by atoms with Gasteiger partial charge in [0.05, 0.1) is 16.1 Å². The molecule has 0 atom stereocenters. The molecule has 148 valence electrons. The number of aromatic amines is 1. The Morgan fingerprint density at radius 1 is 0.967 bits per heavy atom. The Kier molecular flexibility index (Phi) is 4.35. The van der Waals surface area contributed by atoms with Crippen LogP contribution in [0.4, 0.5) is 0 Å². The van der Waals surface area contributed by atoms with Crippen LogP contribution in [0.1, 0.15) is 0 Å². The van der Waals surface area contributed by atoms with Gasteiger partial charge < -0.3 is 14.7 Å². The number of H-pyrrole nitrogens is 1. The van der Waals surface area contributed by atoms with Crippen LogP contribution in [0.25, 0.3) is 44.1 Å². The average Bonchev–Trinajstić information content (AvgIpc) is 3.08. The van der Waals surface area contributed by atoms with Gasteiger partial charge in [-0.2, -0.15) is 0 Å². The van der Waals surface area contributed by atoms with Gasteiger partial charge in [0.15, 0.2) is 0 Å². The molecule has 4 nitrogen and oxygen atoms in total. The molecule has 2 N–H and O–H groups in total. The maximum Gasteiger partial charge on any atom is 0.260 e. The average molecular weight is 435 g/mol. The van der Waals surface area contributed by atoms with Crippen LogP contribution in [0.2, 0.25) is 10.0 Å². The minimum atomic E-state index is -0.406. The van der Waals surface area contributed by atoms with Gasteiger partial charge in [-0.3, -0.25) is 4.79 Å². The van der Waals surface area contributed by atoms with Crippen molar-refractivity contribution in [3.05, 3.63) is 87.3 Å². The molecule has 5 aromatic rings. The van der Waals surface area contributed by atoms with Gasteiger partial charge >= 0.3 is 0 Å². The van der Waals surface area contributed by atoms with Gasteiger partial charge in [0.1, 0.15) is 5.75 Å². The standard InChI is InChI=1S/C24H16Cl2N2O2/c1-28-8-7-14-9-13(5-6-21(14)28)17-11-18-20(12-19(17)26)27-24(30)22(23(18)29)15-3-2-4-16(25)10-15/h2-12H,1H3,(H2,27,29,30). The van der Waals surface area contributed by atoms with Crippen molar-refractivity contribution in [2.75, 3.05) is 0 Å². The van der Waals surface area contributed by atoms with Crippen molar-refractivity contribution in [3.8, 4) is 28.0 Å². The first kappa shape index (κ1) is 18.8. The van der Waals surface area contributed by atoms with Crippen molar-refractivity contribution in [2.45, 2.75) is 0 Å². The first-order chi connectivity index (χ1) is 14.4. The highest BCUT2D eigenvalue weighted by Crippen LogP contribution is 2.39. The number of aromatic hydroxyl groups is 1. The largest absolute Gasteiger partial charge is 0.506 e. The smallest absolute Gasteiger partial charge is 0.260 e. The van der Waals surface area contributed by atoms with Crippen LogP contribution in [-0.2, 0) is 7.05 Å². The van der Waals surface area contributed by atoms with Crippen molar-refractivity contribution in [1.82, 2.24) is 9.55 Å². The maximum absolute atomic E-state index is 12.7. The first-order valence-corrected chi connectivity index (χ1v) is 10.1. The number of nitrogens with one attached hydrogen (secondary N) is 1. The number of aromatic nitrogens is 2. The van der Waals surface area contributed by atoms with E-state index < -0.39 is 5.56 Å². The summed E-state index contributed by atoms with van der Waals surface area (Å²) in [5.41, 5.74) is 3.60. The molecule has 3 aromatic carbocycles. The van der Waals surface area contributed by atoms with E-state index in [-0.39, 0.29) is 11.3 Å². The molecule has 2 heterocycles. The normalized spacial score (nSPS) is 11.4. The molecule has 30 heavy (non-hydrogen) atoms. The van der Waals surface area contributed by atoms with Gasteiger partial charge in [-0.25, -0.2) is 0 Å². The molecule has 0 spiro atoms. The van der Waals surface area contributed by atoms with E-state index in [0.29, 0.717) is 26.5 Å². The summed E-state index contributed by atoms with van der Waals surface area (Å²) in [6, 6.07) is 18.5. The number of halogens is 2. The lowest BCUT2D eigenvalue weighted by molar-refractivity contribution is 0.482. The number of rotatable bonds is 2. The van der Waals surface area contributed by atoms with E-state index in [4.69, 9.17) is 23.2 Å². The Labute approximate surface area is 181 Å². The Bertz CT molecular complexity index is 1520. The molecule has 5 rings (SSSR count). The third-order valence-corrected chi connectivity index (χ3v) is 5.93. The summed E-state index contributed by atoms with van der Waals surface area (Å²) in [5, 5.41) is 13.6. The van der Waals surface area contributed by atoms with Crippen LogP contribution in [0.3, 0.4) is 0 Å². The summed E-state index contributed by atoms with van der Waals surface area (Å²) in [4.78, 5) is 15.5. The first-order valence-electron chi connectivity index (χ1n) is 9.32. The zero-order valence-corrected chi connectivity index (χ0v) is 17.4. The molecule has 2 aromatic heterocycles. The van der Waals surface area contributed by atoms with E-state index in [9.17, 15) is 9.90 Å². The summed E-state index contributed by atoms with van der Waals surface area (Å²) in [6.07, 6.45) is 2.00. The summed E-state index contributed by atoms with van der Waals surface area (Å²) >= 11 is 12.6. The molecule has 0 aliphatic carbocycles. The molecule has 0 amide bonds. The molecule has 0 unspecified atom stereocenters. The number of fused-ring (bicyclic) bond motifs is 2. The molecular weight excluding hydrogens is 419 g/mol. The number of nitrogens with zero attached hydrogens (tertiary/aromatic N) is 1. The Hall–Kier alpha value is -3.21. The molecule has 0 bridgehead atoms. The van der Waals surface area contributed by atoms with E-state index >= 15 is 0 Å². The van der Waals surface area contributed by atoms with Crippen molar-refractivity contribution < 1.29 is 5.11 Å². The van der Waals surface area contributed by atoms with Crippen molar-refractivity contribution in [1.29, 1.82) is 0 Å². The van der Waals surface area contributed by atoms with Crippen molar-refractivity contribution in [2.24, 2.45) is 7.05 Å².